The normalized spacial score (nSPS) is 8.88. The molecule has 0 unspecified atom stereocenters. The Morgan fingerprint density at radius 2 is 1.65 bits per heavy atom. The van der Waals surface area contributed by atoms with Crippen molar-refractivity contribution in [1.29, 1.82) is 0 Å². The number of halogens is 1. The maximum Gasteiger partial charge on any atom is 0.221 e. The van der Waals surface area contributed by atoms with E-state index in [2.05, 4.69) is 20.9 Å². The molecule has 0 aromatic rings. The molecular formula is C11H25IN4O. The quantitative estimate of drug-likeness (QED) is 0.364. The van der Waals surface area contributed by atoms with Crippen molar-refractivity contribution in [2.24, 2.45) is 4.99 Å². The van der Waals surface area contributed by atoms with Crippen LogP contribution in [0.15, 0.2) is 4.99 Å². The lowest BCUT2D eigenvalue weighted by Crippen LogP contribution is -2.37. The molecule has 0 saturated heterocycles. The topological polar surface area (TPSA) is 65.5 Å². The molecule has 5 nitrogen and oxygen atoms in total. The fourth-order valence-electron chi connectivity index (χ4n) is 1.13. The van der Waals surface area contributed by atoms with E-state index in [1.807, 2.05) is 20.8 Å². The van der Waals surface area contributed by atoms with Crippen molar-refractivity contribution in [2.75, 3.05) is 26.2 Å². The van der Waals surface area contributed by atoms with E-state index >= 15 is 0 Å². The van der Waals surface area contributed by atoms with Gasteiger partial charge in [0.2, 0.25) is 5.91 Å². The van der Waals surface area contributed by atoms with Crippen LogP contribution in [-0.2, 0) is 4.79 Å². The van der Waals surface area contributed by atoms with Crippen molar-refractivity contribution in [3.63, 3.8) is 0 Å². The number of nitrogens with one attached hydrogen (secondary N) is 3. The van der Waals surface area contributed by atoms with Gasteiger partial charge in [0, 0.05) is 26.1 Å². The van der Waals surface area contributed by atoms with Crippen LogP contribution in [0.3, 0.4) is 0 Å². The van der Waals surface area contributed by atoms with Crippen LogP contribution < -0.4 is 16.0 Å². The highest BCUT2D eigenvalue weighted by atomic mass is 127. The van der Waals surface area contributed by atoms with Crippen molar-refractivity contribution >= 4 is 35.8 Å². The maximum atomic E-state index is 11.3. The number of carbonyl (C=O) groups is 1. The first-order chi connectivity index (χ1) is 7.74. The summed E-state index contributed by atoms with van der Waals surface area (Å²) < 4.78 is 0. The first kappa shape index (κ1) is 18.8. The summed E-state index contributed by atoms with van der Waals surface area (Å²) in [5, 5.41) is 9.04. The summed E-state index contributed by atoms with van der Waals surface area (Å²) in [4.78, 5) is 15.6. The highest BCUT2D eigenvalue weighted by Crippen LogP contribution is 1.83. The third kappa shape index (κ3) is 11.7. The number of nitrogens with zero attached hydrogens (tertiary/aromatic N) is 1. The molecule has 0 aromatic carbocycles. The molecule has 0 bridgehead atoms. The Bertz CT molecular complexity index is 214. The second kappa shape index (κ2) is 13.5. The van der Waals surface area contributed by atoms with Gasteiger partial charge in [0.05, 0.1) is 6.54 Å². The van der Waals surface area contributed by atoms with Crippen LogP contribution in [0, 0.1) is 0 Å². The molecule has 0 aliphatic carbocycles. The molecule has 0 aliphatic rings. The molecule has 0 atom stereocenters. The molecule has 6 heteroatoms. The average Bonchev–Trinajstić information content (AvgIpc) is 2.27. The first-order valence-corrected chi connectivity index (χ1v) is 6.03. The van der Waals surface area contributed by atoms with Gasteiger partial charge in [-0.05, 0) is 20.3 Å². The standard InChI is InChI=1S/C11H24N4O.HI/c1-4-8-14-10(16)7-9-15-11(12-5-2)13-6-3;/h4-9H2,1-3H3,(H,14,16)(H2,12,13,15);1H. The summed E-state index contributed by atoms with van der Waals surface area (Å²) in [5.41, 5.74) is 0. The SMILES string of the molecule is CCCNC(=O)CCN=C(NCC)NCC.I. The van der Waals surface area contributed by atoms with Crippen molar-refractivity contribution in [2.45, 2.75) is 33.6 Å². The highest BCUT2D eigenvalue weighted by molar-refractivity contribution is 14.0. The summed E-state index contributed by atoms with van der Waals surface area (Å²) in [6, 6.07) is 0. The Labute approximate surface area is 121 Å². The Hall–Kier alpha value is -0.530. The molecule has 0 spiro atoms. The largest absolute Gasteiger partial charge is 0.357 e. The second-order valence-corrected chi connectivity index (χ2v) is 3.39. The molecular weight excluding hydrogens is 331 g/mol. The predicted octanol–water partition coefficient (Wildman–Crippen LogP) is 1.10. The predicted molar refractivity (Wildman–Crippen MR) is 83.0 cm³/mol. The van der Waals surface area contributed by atoms with E-state index in [9.17, 15) is 4.79 Å². The number of hydrogen-bond acceptors (Lipinski definition) is 2. The molecule has 0 aromatic heterocycles. The van der Waals surface area contributed by atoms with Crippen LogP contribution in [0.25, 0.3) is 0 Å². The van der Waals surface area contributed by atoms with E-state index in [0.717, 1.165) is 32.0 Å². The molecule has 0 heterocycles. The van der Waals surface area contributed by atoms with Crippen molar-refractivity contribution in [3.8, 4) is 0 Å². The van der Waals surface area contributed by atoms with Gasteiger partial charge in [0.1, 0.15) is 0 Å². The zero-order valence-corrected chi connectivity index (χ0v) is 13.3. The summed E-state index contributed by atoms with van der Waals surface area (Å²) in [5.74, 6) is 0.839. The minimum Gasteiger partial charge on any atom is -0.357 e. The Morgan fingerprint density at radius 1 is 1.06 bits per heavy atom. The number of aliphatic imine (C=N–C) groups is 1. The van der Waals surface area contributed by atoms with Crippen LogP contribution in [0.2, 0.25) is 0 Å². The van der Waals surface area contributed by atoms with Gasteiger partial charge in [0.25, 0.3) is 0 Å². The van der Waals surface area contributed by atoms with E-state index in [1.54, 1.807) is 0 Å². The molecule has 0 fully saturated rings. The molecule has 17 heavy (non-hydrogen) atoms. The van der Waals surface area contributed by atoms with E-state index in [4.69, 9.17) is 0 Å². The monoisotopic (exact) mass is 356 g/mol. The van der Waals surface area contributed by atoms with Crippen LogP contribution in [0.1, 0.15) is 33.6 Å². The van der Waals surface area contributed by atoms with Gasteiger partial charge in [-0.1, -0.05) is 6.92 Å². The van der Waals surface area contributed by atoms with Crippen LogP contribution >= 0.6 is 24.0 Å². The van der Waals surface area contributed by atoms with E-state index in [1.165, 1.54) is 0 Å². The van der Waals surface area contributed by atoms with Crippen molar-refractivity contribution < 1.29 is 4.79 Å². The van der Waals surface area contributed by atoms with E-state index in [0.29, 0.717) is 13.0 Å². The zero-order chi connectivity index (χ0) is 12.2. The third-order valence-corrected chi connectivity index (χ3v) is 1.87. The van der Waals surface area contributed by atoms with Gasteiger partial charge < -0.3 is 16.0 Å². The van der Waals surface area contributed by atoms with Gasteiger partial charge in [0.15, 0.2) is 5.96 Å². The van der Waals surface area contributed by atoms with Crippen LogP contribution in [-0.4, -0.2) is 38.0 Å². The van der Waals surface area contributed by atoms with E-state index < -0.39 is 0 Å². The third-order valence-electron chi connectivity index (χ3n) is 1.87. The van der Waals surface area contributed by atoms with Crippen LogP contribution in [0.5, 0.6) is 0 Å². The fraction of sp³-hybridized carbons (Fsp3) is 0.818. The Kier molecular flexibility index (Phi) is 15.0. The average molecular weight is 356 g/mol. The van der Waals surface area contributed by atoms with Gasteiger partial charge >= 0.3 is 0 Å². The van der Waals surface area contributed by atoms with Crippen molar-refractivity contribution in [3.05, 3.63) is 0 Å². The lowest BCUT2D eigenvalue weighted by molar-refractivity contribution is -0.120. The minimum atomic E-state index is 0. The maximum absolute atomic E-state index is 11.3. The summed E-state index contributed by atoms with van der Waals surface area (Å²) >= 11 is 0. The number of guanidine groups is 1. The zero-order valence-electron chi connectivity index (χ0n) is 11.0. The number of amides is 1. The Morgan fingerprint density at radius 3 is 2.12 bits per heavy atom. The molecule has 1 amide bonds. The van der Waals surface area contributed by atoms with Gasteiger partial charge in [-0.25, -0.2) is 0 Å². The molecule has 102 valence electrons. The molecule has 3 N–H and O–H groups in total. The minimum absolute atomic E-state index is 0. The first-order valence-electron chi connectivity index (χ1n) is 6.03. The smallest absolute Gasteiger partial charge is 0.221 e. The van der Waals surface area contributed by atoms with Crippen LogP contribution in [0.4, 0.5) is 0 Å². The van der Waals surface area contributed by atoms with Gasteiger partial charge in [-0.15, -0.1) is 24.0 Å². The molecule has 0 radical (unpaired) electrons. The fourth-order valence-corrected chi connectivity index (χ4v) is 1.13. The second-order valence-electron chi connectivity index (χ2n) is 3.39. The summed E-state index contributed by atoms with van der Waals surface area (Å²) in [7, 11) is 0. The lowest BCUT2D eigenvalue weighted by Gasteiger charge is -2.08. The molecule has 0 rings (SSSR count). The molecule has 0 saturated carbocycles. The van der Waals surface area contributed by atoms with Gasteiger partial charge in [-0.2, -0.15) is 0 Å². The summed E-state index contributed by atoms with van der Waals surface area (Å²) in [6.07, 6.45) is 1.41. The highest BCUT2D eigenvalue weighted by Gasteiger charge is 1.99. The van der Waals surface area contributed by atoms with Gasteiger partial charge in [-0.3, -0.25) is 9.79 Å². The lowest BCUT2D eigenvalue weighted by atomic mass is 10.4. The molecule has 0 aliphatic heterocycles. The Balaban J connectivity index is 0. The number of carbonyl (C=O) groups excluding carboxylic acids is 1. The summed E-state index contributed by atoms with van der Waals surface area (Å²) in [6.45, 7) is 8.98. The van der Waals surface area contributed by atoms with Crippen molar-refractivity contribution in [1.82, 2.24) is 16.0 Å². The van der Waals surface area contributed by atoms with E-state index in [-0.39, 0.29) is 29.9 Å². The number of hydrogen-bond donors (Lipinski definition) is 3. The number of rotatable bonds is 7.